The number of hydrazine groups is 1. The van der Waals surface area contributed by atoms with Gasteiger partial charge in [0, 0.05) is 11.6 Å². The van der Waals surface area contributed by atoms with E-state index in [-0.39, 0.29) is 0 Å². The van der Waals surface area contributed by atoms with Crippen LogP contribution in [-0.2, 0) is 0 Å². The Kier molecular flexibility index (Phi) is 2.01. The lowest BCUT2D eigenvalue weighted by Gasteiger charge is -2.06. The van der Waals surface area contributed by atoms with Gasteiger partial charge in [-0.2, -0.15) is 5.26 Å². The zero-order valence-electron chi connectivity index (χ0n) is 7.36. The summed E-state index contributed by atoms with van der Waals surface area (Å²) in [5.74, 6) is 5.36. The maximum Gasteiger partial charge on any atom is 0.103 e. The van der Waals surface area contributed by atoms with Gasteiger partial charge < -0.3 is 5.43 Å². The van der Waals surface area contributed by atoms with Gasteiger partial charge in [0.05, 0.1) is 16.8 Å². The molecule has 14 heavy (non-hydrogen) atoms. The predicted molar refractivity (Wildman–Crippen MR) is 54.3 cm³/mol. The molecule has 0 aliphatic rings. The number of aromatic nitrogens is 1. The van der Waals surface area contributed by atoms with E-state index in [4.69, 9.17) is 11.1 Å². The molecule has 0 saturated carbocycles. The summed E-state index contributed by atoms with van der Waals surface area (Å²) < 4.78 is 0. The molecule has 0 fully saturated rings. The Balaban J connectivity index is 2.85. The molecule has 1 aromatic carbocycles. The minimum Gasteiger partial charge on any atom is -0.322 e. The van der Waals surface area contributed by atoms with Gasteiger partial charge in [-0.3, -0.25) is 10.8 Å². The normalized spacial score (nSPS) is 9.71. The average Bonchev–Trinajstić information content (AvgIpc) is 2.27. The molecule has 0 saturated heterocycles. The van der Waals surface area contributed by atoms with E-state index >= 15 is 0 Å². The molecule has 1 heterocycles. The summed E-state index contributed by atoms with van der Waals surface area (Å²) in [6.45, 7) is 0. The zero-order chi connectivity index (χ0) is 9.97. The highest BCUT2D eigenvalue weighted by Gasteiger charge is 2.05. The first-order valence-electron chi connectivity index (χ1n) is 4.11. The number of para-hydroxylation sites is 1. The molecule has 1 aromatic heterocycles. The van der Waals surface area contributed by atoms with Crippen LogP contribution in [0.15, 0.2) is 30.5 Å². The molecule has 0 bridgehead atoms. The lowest BCUT2D eigenvalue weighted by molar-refractivity contribution is 1.31. The summed E-state index contributed by atoms with van der Waals surface area (Å²) in [5.41, 5.74) is 4.42. The second-order valence-electron chi connectivity index (χ2n) is 2.82. The maximum absolute atomic E-state index is 8.82. The van der Waals surface area contributed by atoms with E-state index in [9.17, 15) is 0 Å². The van der Waals surface area contributed by atoms with E-state index in [1.807, 2.05) is 30.3 Å². The third kappa shape index (κ3) is 1.16. The van der Waals surface area contributed by atoms with Gasteiger partial charge in [0.25, 0.3) is 0 Å². The number of fused-ring (bicyclic) bond motifs is 1. The van der Waals surface area contributed by atoms with Crippen molar-refractivity contribution in [1.29, 1.82) is 5.26 Å². The van der Waals surface area contributed by atoms with Crippen molar-refractivity contribution in [1.82, 2.24) is 4.98 Å². The third-order valence-corrected chi connectivity index (χ3v) is 2.04. The van der Waals surface area contributed by atoms with Crippen LogP contribution in [0.3, 0.4) is 0 Å². The van der Waals surface area contributed by atoms with E-state index in [0.29, 0.717) is 11.3 Å². The number of hydrogen-bond donors (Lipinski definition) is 2. The number of nitrogens with one attached hydrogen (secondary N) is 1. The van der Waals surface area contributed by atoms with Crippen LogP contribution in [0.4, 0.5) is 5.69 Å². The lowest BCUT2D eigenvalue weighted by Crippen LogP contribution is -2.09. The molecule has 4 nitrogen and oxygen atoms in total. The van der Waals surface area contributed by atoms with Crippen LogP contribution in [0.25, 0.3) is 10.9 Å². The average molecular weight is 184 g/mol. The minimum atomic E-state index is 0.450. The van der Waals surface area contributed by atoms with Crippen LogP contribution >= 0.6 is 0 Å². The second kappa shape index (κ2) is 3.32. The number of hydrogen-bond acceptors (Lipinski definition) is 4. The fourth-order valence-corrected chi connectivity index (χ4v) is 1.38. The third-order valence-electron chi connectivity index (χ3n) is 2.04. The summed E-state index contributed by atoms with van der Waals surface area (Å²) in [4.78, 5) is 4.14. The molecule has 2 rings (SSSR count). The molecule has 4 heteroatoms. The van der Waals surface area contributed by atoms with E-state index in [1.54, 1.807) is 0 Å². The zero-order valence-corrected chi connectivity index (χ0v) is 7.36. The lowest BCUT2D eigenvalue weighted by atomic mass is 10.1. The van der Waals surface area contributed by atoms with Crippen molar-refractivity contribution in [3.05, 3.63) is 36.0 Å². The van der Waals surface area contributed by atoms with E-state index in [1.165, 1.54) is 6.20 Å². The number of nitrogens with zero attached hydrogens (tertiary/aromatic N) is 2. The van der Waals surface area contributed by atoms with Crippen LogP contribution in [-0.4, -0.2) is 4.98 Å². The van der Waals surface area contributed by atoms with Crippen molar-refractivity contribution in [2.45, 2.75) is 0 Å². The maximum atomic E-state index is 8.82. The van der Waals surface area contributed by atoms with Crippen molar-refractivity contribution < 1.29 is 0 Å². The summed E-state index contributed by atoms with van der Waals surface area (Å²) in [7, 11) is 0. The Morgan fingerprint density at radius 2 is 2.14 bits per heavy atom. The summed E-state index contributed by atoms with van der Waals surface area (Å²) in [6, 6.07) is 9.55. The number of nitrogen functional groups attached to an aromatic ring is 1. The molecule has 0 unspecified atom stereocenters. The van der Waals surface area contributed by atoms with Crippen LogP contribution < -0.4 is 11.3 Å². The quantitative estimate of drug-likeness (QED) is 0.518. The Labute approximate surface area is 81.0 Å². The van der Waals surface area contributed by atoms with Gasteiger partial charge in [0.15, 0.2) is 0 Å². The molecule has 0 amide bonds. The molecule has 3 N–H and O–H groups in total. The molecule has 0 radical (unpaired) electrons. The first-order valence-corrected chi connectivity index (χ1v) is 4.11. The molecular formula is C10H8N4. The summed E-state index contributed by atoms with van der Waals surface area (Å²) >= 11 is 0. The largest absolute Gasteiger partial charge is 0.322 e. The number of benzene rings is 1. The first-order chi connectivity index (χ1) is 6.86. The highest BCUT2D eigenvalue weighted by Crippen LogP contribution is 2.23. The highest BCUT2D eigenvalue weighted by atomic mass is 15.2. The smallest absolute Gasteiger partial charge is 0.103 e. The Hall–Kier alpha value is -2.12. The summed E-state index contributed by atoms with van der Waals surface area (Å²) in [6.07, 6.45) is 1.51. The van der Waals surface area contributed by atoms with Crippen LogP contribution in [0.5, 0.6) is 0 Å². The number of nitrogens with two attached hydrogens (primary N) is 1. The standard InChI is InChI=1S/C10H8N4/c11-5-7-6-13-9-4-2-1-3-8(9)10(7)14-12/h1-4,6H,12H2,(H,13,14). The van der Waals surface area contributed by atoms with Gasteiger partial charge in [0.2, 0.25) is 0 Å². The molecule has 0 aliphatic carbocycles. The van der Waals surface area contributed by atoms with Crippen molar-refractivity contribution >= 4 is 16.6 Å². The Morgan fingerprint density at radius 1 is 1.36 bits per heavy atom. The highest BCUT2D eigenvalue weighted by molar-refractivity contribution is 5.93. The number of nitriles is 1. The SMILES string of the molecule is N#Cc1cnc2ccccc2c1NN. The van der Waals surface area contributed by atoms with Gasteiger partial charge in [-0.15, -0.1) is 0 Å². The topological polar surface area (TPSA) is 74.7 Å². The number of rotatable bonds is 1. The van der Waals surface area contributed by atoms with E-state index in [2.05, 4.69) is 10.4 Å². The van der Waals surface area contributed by atoms with Crippen molar-refractivity contribution in [3.8, 4) is 6.07 Å². The van der Waals surface area contributed by atoms with Crippen molar-refractivity contribution in [2.75, 3.05) is 5.43 Å². The molecule has 0 spiro atoms. The second-order valence-corrected chi connectivity index (χ2v) is 2.82. The monoisotopic (exact) mass is 184 g/mol. The fourth-order valence-electron chi connectivity index (χ4n) is 1.38. The minimum absolute atomic E-state index is 0.450. The van der Waals surface area contributed by atoms with Gasteiger partial charge in [-0.25, -0.2) is 0 Å². The first kappa shape index (κ1) is 8.48. The molecule has 0 atom stereocenters. The van der Waals surface area contributed by atoms with Crippen molar-refractivity contribution in [2.24, 2.45) is 5.84 Å². The van der Waals surface area contributed by atoms with Gasteiger partial charge in [-0.05, 0) is 6.07 Å². The van der Waals surface area contributed by atoms with Crippen LogP contribution in [0.1, 0.15) is 5.56 Å². The number of anilines is 1. The summed E-state index contributed by atoms with van der Waals surface area (Å²) in [5, 5.41) is 9.68. The van der Waals surface area contributed by atoms with Crippen molar-refractivity contribution in [3.63, 3.8) is 0 Å². The van der Waals surface area contributed by atoms with Gasteiger partial charge in [0.1, 0.15) is 6.07 Å². The fraction of sp³-hybridized carbons (Fsp3) is 0. The molecule has 2 aromatic rings. The van der Waals surface area contributed by atoms with Crippen LogP contribution in [0.2, 0.25) is 0 Å². The molecule has 68 valence electrons. The van der Waals surface area contributed by atoms with Crippen LogP contribution in [0, 0.1) is 11.3 Å². The molecular weight excluding hydrogens is 176 g/mol. The Bertz CT molecular complexity index is 513. The van der Waals surface area contributed by atoms with Gasteiger partial charge >= 0.3 is 0 Å². The number of pyridine rings is 1. The molecule has 0 aliphatic heterocycles. The van der Waals surface area contributed by atoms with E-state index in [0.717, 1.165) is 10.9 Å². The van der Waals surface area contributed by atoms with Gasteiger partial charge in [-0.1, -0.05) is 18.2 Å². The predicted octanol–water partition coefficient (Wildman–Crippen LogP) is 1.39. The Morgan fingerprint density at radius 3 is 2.86 bits per heavy atom. The van der Waals surface area contributed by atoms with E-state index < -0.39 is 0 Å².